The number of nitrogens with zero attached hydrogens (tertiary/aromatic N) is 2. The average Bonchev–Trinajstić information content (AvgIpc) is 3.19. The first-order valence-corrected chi connectivity index (χ1v) is 14.3. The van der Waals surface area contributed by atoms with E-state index in [2.05, 4.69) is 10.6 Å². The molecule has 2 atom stereocenters. The van der Waals surface area contributed by atoms with Crippen LogP contribution in [0.4, 0.5) is 0 Å². The molecule has 1 saturated carbocycles. The molecule has 1 aliphatic carbocycles. The molecular formula is C29H40N4O5. The van der Waals surface area contributed by atoms with Crippen LogP contribution in [0.1, 0.15) is 80.6 Å². The van der Waals surface area contributed by atoms with E-state index >= 15 is 0 Å². The normalized spacial score (nSPS) is 26.2. The van der Waals surface area contributed by atoms with Gasteiger partial charge in [0.1, 0.15) is 11.8 Å². The van der Waals surface area contributed by atoms with Crippen molar-refractivity contribution in [2.24, 2.45) is 11.8 Å². The summed E-state index contributed by atoms with van der Waals surface area (Å²) in [7, 11) is 0. The molecule has 9 heteroatoms. The van der Waals surface area contributed by atoms with E-state index in [1.807, 2.05) is 17.0 Å². The van der Waals surface area contributed by atoms with Crippen molar-refractivity contribution in [1.29, 1.82) is 0 Å². The Labute approximate surface area is 224 Å². The van der Waals surface area contributed by atoms with Crippen LogP contribution in [-0.4, -0.2) is 71.8 Å². The van der Waals surface area contributed by atoms with Gasteiger partial charge in [-0.3, -0.25) is 24.5 Å². The lowest BCUT2D eigenvalue weighted by Crippen LogP contribution is -2.52. The molecule has 4 amide bonds. The molecule has 206 valence electrons. The lowest BCUT2D eigenvalue weighted by atomic mass is 9.82. The number of piperidine rings is 2. The summed E-state index contributed by atoms with van der Waals surface area (Å²) in [5, 5.41) is 5.62. The van der Waals surface area contributed by atoms with E-state index in [0.717, 1.165) is 62.2 Å². The Morgan fingerprint density at radius 2 is 1.76 bits per heavy atom. The molecule has 0 spiro atoms. The molecule has 1 aromatic carbocycles. The van der Waals surface area contributed by atoms with E-state index < -0.39 is 6.04 Å². The number of hydrogen-bond acceptors (Lipinski definition) is 6. The van der Waals surface area contributed by atoms with Crippen molar-refractivity contribution in [2.45, 2.75) is 83.4 Å². The molecule has 2 unspecified atom stereocenters. The van der Waals surface area contributed by atoms with E-state index in [4.69, 9.17) is 4.74 Å². The number of fused-ring (bicyclic) bond motifs is 1. The molecule has 9 nitrogen and oxygen atoms in total. The van der Waals surface area contributed by atoms with Crippen LogP contribution in [0.2, 0.25) is 0 Å². The summed E-state index contributed by atoms with van der Waals surface area (Å²) in [6, 6.07) is 5.00. The van der Waals surface area contributed by atoms with E-state index in [1.165, 1.54) is 32.1 Å². The Morgan fingerprint density at radius 3 is 2.45 bits per heavy atom. The molecule has 0 bridgehead atoms. The fraction of sp³-hybridized carbons (Fsp3) is 0.655. The second-order valence-corrected chi connectivity index (χ2v) is 11.4. The Morgan fingerprint density at radius 1 is 0.974 bits per heavy atom. The van der Waals surface area contributed by atoms with Gasteiger partial charge in [-0.25, -0.2) is 0 Å². The maximum absolute atomic E-state index is 12.6. The first-order chi connectivity index (χ1) is 18.4. The minimum atomic E-state index is -0.569. The number of hydrogen-bond donors (Lipinski definition) is 2. The van der Waals surface area contributed by atoms with Crippen molar-refractivity contribution in [3.8, 4) is 5.75 Å². The minimum absolute atomic E-state index is 0.145. The topological polar surface area (TPSA) is 108 Å². The van der Waals surface area contributed by atoms with Crippen molar-refractivity contribution in [3.05, 3.63) is 29.3 Å². The maximum Gasteiger partial charge on any atom is 0.255 e. The number of imide groups is 1. The zero-order valence-corrected chi connectivity index (χ0v) is 22.4. The second kappa shape index (κ2) is 11.8. The number of benzene rings is 1. The summed E-state index contributed by atoms with van der Waals surface area (Å²) in [6.45, 7) is 6.38. The van der Waals surface area contributed by atoms with Gasteiger partial charge < -0.3 is 19.9 Å². The van der Waals surface area contributed by atoms with Gasteiger partial charge in [0.05, 0.1) is 6.10 Å². The predicted molar refractivity (Wildman–Crippen MR) is 141 cm³/mol. The van der Waals surface area contributed by atoms with E-state index in [-0.39, 0.29) is 36.2 Å². The lowest BCUT2D eigenvalue weighted by Gasteiger charge is -2.40. The summed E-state index contributed by atoms with van der Waals surface area (Å²) in [6.07, 6.45) is 9.28. The second-order valence-electron chi connectivity index (χ2n) is 11.4. The van der Waals surface area contributed by atoms with Crippen LogP contribution in [0, 0.1) is 11.8 Å². The fourth-order valence-corrected chi connectivity index (χ4v) is 6.32. The maximum atomic E-state index is 12.6. The van der Waals surface area contributed by atoms with Gasteiger partial charge in [-0.05, 0) is 93.6 Å². The summed E-state index contributed by atoms with van der Waals surface area (Å²) in [4.78, 5) is 50.8. The smallest absolute Gasteiger partial charge is 0.255 e. The van der Waals surface area contributed by atoms with Crippen molar-refractivity contribution in [1.82, 2.24) is 20.4 Å². The molecule has 38 heavy (non-hydrogen) atoms. The van der Waals surface area contributed by atoms with E-state index in [1.54, 1.807) is 17.9 Å². The van der Waals surface area contributed by atoms with Gasteiger partial charge in [0.2, 0.25) is 17.7 Å². The van der Waals surface area contributed by atoms with Crippen molar-refractivity contribution < 1.29 is 23.9 Å². The van der Waals surface area contributed by atoms with Gasteiger partial charge >= 0.3 is 0 Å². The Bertz CT molecular complexity index is 1070. The van der Waals surface area contributed by atoms with Crippen LogP contribution in [0.3, 0.4) is 0 Å². The Kier molecular flexibility index (Phi) is 8.31. The van der Waals surface area contributed by atoms with Gasteiger partial charge in [-0.1, -0.05) is 6.42 Å². The number of carbonyl (C=O) groups is 4. The number of ether oxygens (including phenoxy) is 1. The van der Waals surface area contributed by atoms with Crippen LogP contribution in [0.5, 0.6) is 5.75 Å². The third kappa shape index (κ3) is 6.03. The van der Waals surface area contributed by atoms with Crippen molar-refractivity contribution in [2.75, 3.05) is 26.2 Å². The summed E-state index contributed by atoms with van der Waals surface area (Å²) >= 11 is 0. The van der Waals surface area contributed by atoms with Crippen LogP contribution >= 0.6 is 0 Å². The van der Waals surface area contributed by atoms with Crippen LogP contribution < -0.4 is 15.4 Å². The highest BCUT2D eigenvalue weighted by Gasteiger charge is 2.39. The van der Waals surface area contributed by atoms with Gasteiger partial charge in [-0.15, -0.1) is 0 Å². The Balaban J connectivity index is 0.000000190. The number of likely N-dealkylation sites (tertiary alicyclic amines) is 1. The lowest BCUT2D eigenvalue weighted by molar-refractivity contribution is -0.137. The largest absolute Gasteiger partial charge is 0.490 e. The summed E-state index contributed by atoms with van der Waals surface area (Å²) < 4.78 is 6.08. The molecule has 4 heterocycles. The average molecular weight is 525 g/mol. The highest BCUT2D eigenvalue weighted by atomic mass is 16.5. The molecular weight excluding hydrogens is 484 g/mol. The number of carbonyl (C=O) groups excluding carboxylic acids is 4. The molecule has 5 aliphatic rings. The minimum Gasteiger partial charge on any atom is -0.490 e. The van der Waals surface area contributed by atoms with Crippen LogP contribution in [0.25, 0.3) is 0 Å². The van der Waals surface area contributed by atoms with Gasteiger partial charge in [0.15, 0.2) is 0 Å². The number of amides is 4. The molecule has 4 aliphatic heterocycles. The molecule has 4 fully saturated rings. The van der Waals surface area contributed by atoms with Gasteiger partial charge in [0.25, 0.3) is 5.91 Å². The molecule has 1 aromatic rings. The van der Waals surface area contributed by atoms with Crippen molar-refractivity contribution in [3.63, 3.8) is 0 Å². The molecule has 3 saturated heterocycles. The predicted octanol–water partition coefficient (Wildman–Crippen LogP) is 2.62. The number of nitrogens with one attached hydrogen (secondary N) is 2. The fourth-order valence-electron chi connectivity index (χ4n) is 6.32. The zero-order chi connectivity index (χ0) is 26.6. The standard InChI is InChI=1S/C19H22N2O4.C10H18N2O/c22-17-9-8-16(18(23)20-17)21-11-12-10-14(6-7-15(12)19(21)24)25-13-4-2-1-3-5-13;1-8(13)12-4-2-3-9(7-12)10-5-11-6-10/h6-7,10,13,16H,1-5,8-9,11H2,(H,20,22,23);9-11H,2-7H2,1H3. The zero-order valence-electron chi connectivity index (χ0n) is 22.4. The van der Waals surface area contributed by atoms with E-state index in [0.29, 0.717) is 18.5 Å². The first kappa shape index (κ1) is 26.7. The molecule has 0 radical (unpaired) electrons. The van der Waals surface area contributed by atoms with Crippen LogP contribution in [0.15, 0.2) is 18.2 Å². The number of rotatable bonds is 4. The summed E-state index contributed by atoms with van der Waals surface area (Å²) in [5.41, 5.74) is 1.52. The molecule has 2 N–H and O–H groups in total. The highest BCUT2D eigenvalue weighted by Crippen LogP contribution is 2.32. The van der Waals surface area contributed by atoms with E-state index in [9.17, 15) is 19.2 Å². The SMILES string of the molecule is CC(=O)N1CCCC(C2CNC2)C1.O=C1CCC(N2Cc3cc(OC4CCCCC4)ccc3C2=O)C(=O)N1. The summed E-state index contributed by atoms with van der Waals surface area (Å²) in [5.74, 6) is 1.85. The van der Waals surface area contributed by atoms with Crippen molar-refractivity contribution >= 4 is 23.6 Å². The highest BCUT2D eigenvalue weighted by molar-refractivity contribution is 6.05. The third-order valence-corrected chi connectivity index (χ3v) is 8.73. The van der Waals surface area contributed by atoms with Gasteiger partial charge in [-0.2, -0.15) is 0 Å². The molecule has 0 aromatic heterocycles. The monoisotopic (exact) mass is 524 g/mol. The third-order valence-electron chi connectivity index (χ3n) is 8.73. The molecule has 6 rings (SSSR count). The van der Waals surface area contributed by atoms with Crippen LogP contribution in [-0.2, 0) is 20.9 Å². The Hall–Kier alpha value is -2.94. The van der Waals surface area contributed by atoms with Gasteiger partial charge in [0, 0.05) is 38.5 Å². The first-order valence-electron chi connectivity index (χ1n) is 14.3. The quantitative estimate of drug-likeness (QED) is 0.587.